The van der Waals surface area contributed by atoms with Gasteiger partial charge in [-0.2, -0.15) is 0 Å². The summed E-state index contributed by atoms with van der Waals surface area (Å²) in [5.41, 5.74) is 3.14. The number of anilines is 1. The summed E-state index contributed by atoms with van der Waals surface area (Å²) in [6, 6.07) is 16.3. The number of amides is 1. The maximum Gasteiger partial charge on any atom is 0.278 e. The van der Waals surface area contributed by atoms with Gasteiger partial charge in [-0.05, 0) is 66.8 Å². The second-order valence-electron chi connectivity index (χ2n) is 7.08. The van der Waals surface area contributed by atoms with Crippen molar-refractivity contribution in [1.82, 2.24) is 4.90 Å². The van der Waals surface area contributed by atoms with E-state index >= 15 is 0 Å². The van der Waals surface area contributed by atoms with Gasteiger partial charge in [0, 0.05) is 21.2 Å². The summed E-state index contributed by atoms with van der Waals surface area (Å²) in [5, 5.41) is 0. The van der Waals surface area contributed by atoms with Crippen molar-refractivity contribution in [3.05, 3.63) is 57.7 Å². The second kappa shape index (κ2) is 7.69. The van der Waals surface area contributed by atoms with Gasteiger partial charge < -0.3 is 4.74 Å². The van der Waals surface area contributed by atoms with Gasteiger partial charge in [0.25, 0.3) is 5.91 Å². The Morgan fingerprint density at radius 2 is 1.74 bits per heavy atom. The lowest BCUT2D eigenvalue weighted by Crippen LogP contribution is -2.54. The average molecular weight is 475 g/mol. The molecule has 0 aromatic heterocycles. The molecule has 1 amide bonds. The molecule has 4 rings (SSSR count). The van der Waals surface area contributed by atoms with Crippen LogP contribution in [0.2, 0.25) is 0 Å². The highest BCUT2D eigenvalue weighted by Crippen LogP contribution is 2.32. The molecular formula is C21H22IN3O2. The van der Waals surface area contributed by atoms with Gasteiger partial charge in [0.05, 0.1) is 31.3 Å². The molecule has 0 spiro atoms. The Balaban J connectivity index is 1.68. The van der Waals surface area contributed by atoms with E-state index in [1.54, 1.807) is 0 Å². The molecule has 1 fully saturated rings. The van der Waals surface area contributed by atoms with E-state index in [0.29, 0.717) is 25.6 Å². The van der Waals surface area contributed by atoms with Crippen LogP contribution < -0.4 is 4.90 Å². The predicted octanol–water partition coefficient (Wildman–Crippen LogP) is 3.83. The number of halogens is 1. The van der Waals surface area contributed by atoms with E-state index in [0.717, 1.165) is 20.5 Å². The van der Waals surface area contributed by atoms with Crippen molar-refractivity contribution >= 4 is 45.6 Å². The van der Waals surface area contributed by atoms with E-state index in [1.807, 2.05) is 53.4 Å². The molecule has 2 aromatic rings. The number of rotatable bonds is 3. The Kier molecular flexibility index (Phi) is 5.29. The van der Waals surface area contributed by atoms with Crippen LogP contribution in [0.15, 0.2) is 53.5 Å². The van der Waals surface area contributed by atoms with Crippen LogP contribution in [0.5, 0.6) is 0 Å². The van der Waals surface area contributed by atoms with Gasteiger partial charge in [0.1, 0.15) is 5.71 Å². The molecule has 0 unspecified atom stereocenters. The van der Waals surface area contributed by atoms with E-state index in [4.69, 9.17) is 4.74 Å². The Morgan fingerprint density at radius 1 is 1.07 bits per heavy atom. The van der Waals surface area contributed by atoms with E-state index in [-0.39, 0.29) is 18.0 Å². The minimum atomic E-state index is -0.0411. The molecule has 2 aromatic carbocycles. The zero-order valence-electron chi connectivity index (χ0n) is 15.4. The van der Waals surface area contributed by atoms with Gasteiger partial charge in [-0.25, -0.2) is 4.99 Å². The van der Waals surface area contributed by atoms with Crippen molar-refractivity contribution in [2.24, 2.45) is 4.99 Å². The van der Waals surface area contributed by atoms with Crippen LogP contribution in [0.4, 0.5) is 11.4 Å². The molecule has 0 saturated carbocycles. The summed E-state index contributed by atoms with van der Waals surface area (Å²) in [6.45, 7) is 6.22. The lowest BCUT2D eigenvalue weighted by atomic mass is 10.1. The standard InChI is InChI=1S/C21H22IN3O2/c1-14-11-27-12-15(2)24(14)13-25-19-6-4-3-5-18(19)20(21(25)26)23-17-9-7-16(22)8-10-17/h3-10,14-15H,11-13H2,1-2H3/t14-,15-/m0/s1. The van der Waals surface area contributed by atoms with Crippen LogP contribution in [0.25, 0.3) is 0 Å². The Bertz CT molecular complexity index is 871. The first kappa shape index (κ1) is 18.6. The number of para-hydroxylation sites is 1. The summed E-state index contributed by atoms with van der Waals surface area (Å²) < 4.78 is 6.77. The summed E-state index contributed by atoms with van der Waals surface area (Å²) in [6.07, 6.45) is 0. The topological polar surface area (TPSA) is 45.1 Å². The van der Waals surface area contributed by atoms with Crippen molar-refractivity contribution in [2.75, 3.05) is 24.8 Å². The highest BCUT2D eigenvalue weighted by Gasteiger charge is 2.37. The maximum absolute atomic E-state index is 13.3. The lowest BCUT2D eigenvalue weighted by molar-refractivity contribution is -0.113. The van der Waals surface area contributed by atoms with Crippen LogP contribution in [0, 0.1) is 3.57 Å². The minimum Gasteiger partial charge on any atom is -0.378 e. The molecule has 2 heterocycles. The molecule has 2 atom stereocenters. The number of benzene rings is 2. The third kappa shape index (κ3) is 3.66. The van der Waals surface area contributed by atoms with Crippen molar-refractivity contribution in [3.8, 4) is 0 Å². The average Bonchev–Trinajstić information content (AvgIpc) is 2.92. The normalized spacial score (nSPS) is 24.5. The molecule has 5 nitrogen and oxygen atoms in total. The Hall–Kier alpha value is -1.77. The fourth-order valence-electron chi connectivity index (χ4n) is 3.63. The number of aliphatic imine (C=N–C) groups is 1. The highest BCUT2D eigenvalue weighted by atomic mass is 127. The van der Waals surface area contributed by atoms with E-state index in [1.165, 1.54) is 0 Å². The molecule has 6 heteroatoms. The molecular weight excluding hydrogens is 453 g/mol. The fourth-order valence-corrected chi connectivity index (χ4v) is 3.99. The van der Waals surface area contributed by atoms with E-state index < -0.39 is 0 Å². The predicted molar refractivity (Wildman–Crippen MR) is 116 cm³/mol. The largest absolute Gasteiger partial charge is 0.378 e. The molecule has 2 aliphatic heterocycles. The third-order valence-corrected chi connectivity index (χ3v) is 5.84. The first-order valence-electron chi connectivity index (χ1n) is 9.13. The summed E-state index contributed by atoms with van der Waals surface area (Å²) in [5.74, 6) is -0.0411. The Morgan fingerprint density at radius 3 is 2.44 bits per heavy atom. The van der Waals surface area contributed by atoms with Gasteiger partial charge in [-0.1, -0.05) is 18.2 Å². The van der Waals surface area contributed by atoms with Gasteiger partial charge in [0.2, 0.25) is 0 Å². The van der Waals surface area contributed by atoms with Crippen molar-refractivity contribution in [1.29, 1.82) is 0 Å². The van der Waals surface area contributed by atoms with Gasteiger partial charge in [-0.15, -0.1) is 0 Å². The number of ether oxygens (including phenoxy) is 1. The smallest absolute Gasteiger partial charge is 0.278 e. The third-order valence-electron chi connectivity index (χ3n) is 5.12. The summed E-state index contributed by atoms with van der Waals surface area (Å²) in [7, 11) is 0. The van der Waals surface area contributed by atoms with E-state index in [9.17, 15) is 4.79 Å². The number of carbonyl (C=O) groups is 1. The van der Waals surface area contributed by atoms with Crippen molar-refractivity contribution < 1.29 is 9.53 Å². The van der Waals surface area contributed by atoms with Gasteiger partial charge in [0.15, 0.2) is 0 Å². The fraction of sp³-hybridized carbons (Fsp3) is 0.333. The number of hydrogen-bond donors (Lipinski definition) is 0. The van der Waals surface area contributed by atoms with Crippen LogP contribution in [-0.2, 0) is 9.53 Å². The monoisotopic (exact) mass is 475 g/mol. The molecule has 0 aliphatic carbocycles. The van der Waals surface area contributed by atoms with Gasteiger partial charge >= 0.3 is 0 Å². The molecule has 0 bridgehead atoms. The number of hydrogen-bond acceptors (Lipinski definition) is 4. The first-order chi connectivity index (χ1) is 13.0. The van der Waals surface area contributed by atoms with Crippen LogP contribution >= 0.6 is 22.6 Å². The number of carbonyl (C=O) groups excluding carboxylic acids is 1. The zero-order chi connectivity index (χ0) is 19.0. The quantitative estimate of drug-likeness (QED) is 0.635. The molecule has 2 aliphatic rings. The summed E-state index contributed by atoms with van der Waals surface area (Å²) in [4.78, 5) is 22.1. The SMILES string of the molecule is C[C@H]1COC[C@H](C)N1CN1C(=O)C(=Nc2ccc(I)cc2)c2ccccc21. The van der Waals surface area contributed by atoms with Crippen molar-refractivity contribution in [2.45, 2.75) is 25.9 Å². The highest BCUT2D eigenvalue weighted by molar-refractivity contribution is 14.1. The van der Waals surface area contributed by atoms with Crippen LogP contribution in [-0.4, -0.2) is 48.5 Å². The Labute approximate surface area is 173 Å². The lowest BCUT2D eigenvalue weighted by Gasteiger charge is -2.40. The molecule has 140 valence electrons. The minimum absolute atomic E-state index is 0.0411. The summed E-state index contributed by atoms with van der Waals surface area (Å²) >= 11 is 2.26. The zero-order valence-corrected chi connectivity index (χ0v) is 17.6. The van der Waals surface area contributed by atoms with Crippen LogP contribution in [0.3, 0.4) is 0 Å². The number of nitrogens with zero attached hydrogens (tertiary/aromatic N) is 3. The number of fused-ring (bicyclic) bond motifs is 1. The van der Waals surface area contributed by atoms with Crippen molar-refractivity contribution in [3.63, 3.8) is 0 Å². The molecule has 1 saturated heterocycles. The maximum atomic E-state index is 13.3. The first-order valence-corrected chi connectivity index (χ1v) is 10.2. The number of morpholine rings is 1. The second-order valence-corrected chi connectivity index (χ2v) is 8.32. The molecule has 0 N–H and O–H groups in total. The van der Waals surface area contributed by atoms with E-state index in [2.05, 4.69) is 46.3 Å². The van der Waals surface area contributed by atoms with Crippen LogP contribution in [0.1, 0.15) is 19.4 Å². The molecule has 0 radical (unpaired) electrons. The molecule has 27 heavy (non-hydrogen) atoms. The van der Waals surface area contributed by atoms with Gasteiger partial charge in [-0.3, -0.25) is 14.6 Å².